The third kappa shape index (κ3) is 4.41. The Morgan fingerprint density at radius 1 is 1.21 bits per heavy atom. The van der Waals surface area contributed by atoms with Crippen LogP contribution in [0.15, 0.2) is 71.0 Å². The van der Waals surface area contributed by atoms with Gasteiger partial charge in [-0.1, -0.05) is 30.3 Å². The van der Waals surface area contributed by atoms with Crippen LogP contribution in [0.25, 0.3) is 6.08 Å². The van der Waals surface area contributed by atoms with E-state index in [2.05, 4.69) is 9.82 Å². The summed E-state index contributed by atoms with van der Waals surface area (Å²) in [7, 11) is -3.53. The van der Waals surface area contributed by atoms with Crippen molar-refractivity contribution < 1.29 is 8.42 Å². The first kappa shape index (κ1) is 16.6. The van der Waals surface area contributed by atoms with Crippen LogP contribution in [0.4, 0.5) is 0 Å². The summed E-state index contributed by atoms with van der Waals surface area (Å²) in [5.74, 6) is 0. The van der Waals surface area contributed by atoms with Crippen molar-refractivity contribution in [2.75, 3.05) is 6.54 Å². The Bertz CT molecular complexity index is 837. The van der Waals surface area contributed by atoms with Gasteiger partial charge >= 0.3 is 0 Å². The molecule has 3 aromatic rings. The highest BCUT2D eigenvalue weighted by Crippen LogP contribution is 2.20. The fourth-order valence-corrected chi connectivity index (χ4v) is 3.80. The zero-order valence-electron chi connectivity index (χ0n) is 12.8. The van der Waals surface area contributed by atoms with Crippen LogP contribution in [-0.4, -0.2) is 24.7 Å². The van der Waals surface area contributed by atoms with Crippen LogP contribution in [0.5, 0.6) is 0 Å². The molecule has 0 fully saturated rings. The number of hydrogen-bond donors (Lipinski definition) is 1. The van der Waals surface area contributed by atoms with E-state index in [0.29, 0.717) is 0 Å². The summed E-state index contributed by atoms with van der Waals surface area (Å²) >= 11 is 1.57. The van der Waals surface area contributed by atoms with Gasteiger partial charge in [-0.15, -0.1) is 0 Å². The number of nitrogens with one attached hydrogen (secondary N) is 1. The van der Waals surface area contributed by atoms with Crippen molar-refractivity contribution in [3.8, 4) is 0 Å². The Balaban J connectivity index is 1.71. The van der Waals surface area contributed by atoms with Gasteiger partial charge in [0.1, 0.15) is 0 Å². The minimum absolute atomic E-state index is 0.175. The Morgan fingerprint density at radius 2 is 2.04 bits per heavy atom. The first-order valence-electron chi connectivity index (χ1n) is 7.38. The zero-order chi connectivity index (χ0) is 16.8. The Hall–Kier alpha value is -2.22. The van der Waals surface area contributed by atoms with E-state index in [1.54, 1.807) is 28.3 Å². The predicted molar refractivity (Wildman–Crippen MR) is 97.1 cm³/mol. The largest absolute Gasteiger partial charge is 0.264 e. The molecule has 0 bridgehead atoms. The maximum Gasteiger partial charge on any atom is 0.233 e. The van der Waals surface area contributed by atoms with Crippen LogP contribution in [0, 0.1) is 0 Å². The van der Waals surface area contributed by atoms with Gasteiger partial charge in [0.15, 0.2) is 0 Å². The number of thiophene rings is 1. The van der Waals surface area contributed by atoms with E-state index in [0.717, 1.165) is 11.1 Å². The Morgan fingerprint density at radius 3 is 2.71 bits per heavy atom. The van der Waals surface area contributed by atoms with Gasteiger partial charge in [-0.3, -0.25) is 4.68 Å². The van der Waals surface area contributed by atoms with Gasteiger partial charge in [0.2, 0.25) is 10.0 Å². The van der Waals surface area contributed by atoms with Gasteiger partial charge in [-0.25, -0.2) is 13.1 Å². The summed E-state index contributed by atoms with van der Waals surface area (Å²) in [4.78, 5) is 0. The van der Waals surface area contributed by atoms with Crippen LogP contribution in [0.3, 0.4) is 0 Å². The highest BCUT2D eigenvalue weighted by molar-refractivity contribution is 7.92. The molecule has 2 heterocycles. The molecule has 7 heteroatoms. The number of benzene rings is 1. The predicted octanol–water partition coefficient (Wildman–Crippen LogP) is 3.12. The lowest BCUT2D eigenvalue weighted by Crippen LogP contribution is -2.30. The highest BCUT2D eigenvalue weighted by Gasteiger charge is 2.17. The monoisotopic (exact) mass is 359 g/mol. The number of sulfonamides is 1. The van der Waals surface area contributed by atoms with Gasteiger partial charge in [-0.2, -0.15) is 16.4 Å². The van der Waals surface area contributed by atoms with Crippen molar-refractivity contribution in [1.29, 1.82) is 0 Å². The minimum atomic E-state index is -3.53. The molecule has 0 aliphatic rings. The molecule has 0 saturated carbocycles. The maximum absolute atomic E-state index is 12.2. The molecule has 1 aromatic carbocycles. The fourth-order valence-electron chi connectivity index (χ4n) is 2.27. The third-order valence-electron chi connectivity index (χ3n) is 3.49. The maximum atomic E-state index is 12.2. The molecule has 1 atom stereocenters. The third-order valence-corrected chi connectivity index (χ3v) is 5.25. The molecule has 0 saturated heterocycles. The van der Waals surface area contributed by atoms with Crippen LogP contribution in [0.2, 0.25) is 0 Å². The molecule has 3 rings (SSSR count). The summed E-state index contributed by atoms with van der Waals surface area (Å²) in [6.45, 7) is 0.236. The summed E-state index contributed by atoms with van der Waals surface area (Å²) in [5.41, 5.74) is 1.86. The van der Waals surface area contributed by atoms with Crippen molar-refractivity contribution in [2.45, 2.75) is 6.04 Å². The molecule has 0 unspecified atom stereocenters. The van der Waals surface area contributed by atoms with Crippen LogP contribution in [0.1, 0.15) is 17.2 Å². The highest BCUT2D eigenvalue weighted by atomic mass is 32.2. The van der Waals surface area contributed by atoms with E-state index in [1.165, 1.54) is 5.41 Å². The lowest BCUT2D eigenvalue weighted by molar-refractivity contribution is 0.509. The first-order chi connectivity index (χ1) is 11.6. The quantitative estimate of drug-likeness (QED) is 0.705. The molecule has 0 radical (unpaired) electrons. The lowest BCUT2D eigenvalue weighted by atomic mass is 10.1. The van der Waals surface area contributed by atoms with Crippen molar-refractivity contribution in [3.05, 3.63) is 82.2 Å². The molecule has 2 aromatic heterocycles. The molecule has 124 valence electrons. The molecule has 0 amide bonds. The lowest BCUT2D eigenvalue weighted by Gasteiger charge is -2.16. The second-order valence-corrected chi connectivity index (χ2v) is 7.60. The van der Waals surface area contributed by atoms with Gasteiger partial charge in [0.05, 0.1) is 6.04 Å². The topological polar surface area (TPSA) is 64.0 Å². The van der Waals surface area contributed by atoms with E-state index in [-0.39, 0.29) is 12.6 Å². The Labute approximate surface area is 145 Å². The minimum Gasteiger partial charge on any atom is -0.264 e. The van der Waals surface area contributed by atoms with Crippen LogP contribution in [-0.2, 0) is 10.0 Å². The summed E-state index contributed by atoms with van der Waals surface area (Å²) in [5, 5.41) is 9.39. The molecule has 0 aliphatic heterocycles. The number of aromatic nitrogens is 2. The second kappa shape index (κ2) is 7.57. The first-order valence-corrected chi connectivity index (χ1v) is 9.87. The summed E-state index contributed by atoms with van der Waals surface area (Å²) in [6.07, 6.45) is 5.09. The van der Waals surface area contributed by atoms with Crippen molar-refractivity contribution in [1.82, 2.24) is 14.5 Å². The standard InChI is InChI=1S/C17H17N3O2S2/c21-24(22,12-8-15-5-2-1-3-6-15)19-13-17(16-7-11-23-14-16)20-10-4-9-18-20/h1-12,14,17,19H,13H2/b12-8+/t17-/m1/s1. The van der Waals surface area contributed by atoms with Crippen LogP contribution < -0.4 is 4.72 Å². The molecule has 24 heavy (non-hydrogen) atoms. The molecule has 1 N–H and O–H groups in total. The van der Waals surface area contributed by atoms with Gasteiger partial charge in [0.25, 0.3) is 0 Å². The summed E-state index contributed by atoms with van der Waals surface area (Å²) in [6, 6.07) is 12.9. The smallest absolute Gasteiger partial charge is 0.233 e. The molecular weight excluding hydrogens is 342 g/mol. The number of rotatable bonds is 7. The van der Waals surface area contributed by atoms with Crippen molar-refractivity contribution in [2.24, 2.45) is 0 Å². The van der Waals surface area contributed by atoms with E-state index in [4.69, 9.17) is 0 Å². The molecule has 5 nitrogen and oxygen atoms in total. The number of nitrogens with zero attached hydrogens (tertiary/aromatic N) is 2. The van der Waals surface area contributed by atoms with E-state index >= 15 is 0 Å². The van der Waals surface area contributed by atoms with Crippen molar-refractivity contribution >= 4 is 27.4 Å². The van der Waals surface area contributed by atoms with E-state index in [9.17, 15) is 8.42 Å². The average Bonchev–Trinajstić information content (AvgIpc) is 3.28. The second-order valence-electron chi connectivity index (χ2n) is 5.17. The van der Waals surface area contributed by atoms with Gasteiger partial charge in [0, 0.05) is 24.3 Å². The normalized spacial score (nSPS) is 13.3. The molecule has 0 aliphatic carbocycles. The SMILES string of the molecule is O=S(=O)(/C=C/c1ccccc1)NC[C@H](c1ccsc1)n1cccn1. The van der Waals surface area contributed by atoms with E-state index in [1.807, 2.05) is 59.4 Å². The van der Waals surface area contributed by atoms with Gasteiger partial charge < -0.3 is 0 Å². The Kier molecular flexibility index (Phi) is 5.24. The zero-order valence-corrected chi connectivity index (χ0v) is 14.5. The van der Waals surface area contributed by atoms with Gasteiger partial charge in [-0.05, 0) is 40.1 Å². The molecular formula is C17H17N3O2S2. The molecule has 0 spiro atoms. The average molecular weight is 359 g/mol. The number of hydrogen-bond acceptors (Lipinski definition) is 4. The fraction of sp³-hybridized carbons (Fsp3) is 0.118. The summed E-state index contributed by atoms with van der Waals surface area (Å²) < 4.78 is 28.8. The van der Waals surface area contributed by atoms with Crippen LogP contribution >= 0.6 is 11.3 Å². The van der Waals surface area contributed by atoms with E-state index < -0.39 is 10.0 Å². The van der Waals surface area contributed by atoms with Crippen molar-refractivity contribution in [3.63, 3.8) is 0 Å².